The number of nitrogens with zero attached hydrogens (tertiary/aromatic N) is 3. The molecule has 1 aromatic heterocycles. The third-order valence-corrected chi connectivity index (χ3v) is 5.39. The fourth-order valence-corrected chi connectivity index (χ4v) is 3.84. The number of rotatable bonds is 7. The number of methoxy groups -OCH3 is 1. The number of ether oxygens (including phenoxy) is 2. The zero-order valence-corrected chi connectivity index (χ0v) is 17.0. The summed E-state index contributed by atoms with van der Waals surface area (Å²) in [5.74, 6) is -0.749. The standard InChI is InChI=1S/C20H25N3O4S/c1-15-4-3-5-16(10-15)11-22-6-8-23(9-7-22)19(24)13-27-20(25)17-14-28-18(21-17)12-26-2/h3-5,10,14H,6-9,11-13H2,1-2H3. The molecule has 1 saturated heterocycles. The second-order valence-corrected chi connectivity index (χ2v) is 7.72. The SMILES string of the molecule is COCc1nc(C(=O)OCC(=O)N2CCN(Cc3cccc(C)c3)CC2)cs1. The van der Waals surface area contributed by atoms with Crippen molar-refractivity contribution in [3.8, 4) is 0 Å². The molecule has 8 heteroatoms. The van der Waals surface area contributed by atoms with Crippen LogP contribution in [-0.4, -0.2) is 66.6 Å². The van der Waals surface area contributed by atoms with Crippen LogP contribution >= 0.6 is 11.3 Å². The summed E-state index contributed by atoms with van der Waals surface area (Å²) in [6.45, 7) is 5.95. The van der Waals surface area contributed by atoms with Gasteiger partial charge in [0.25, 0.3) is 5.91 Å². The Bertz CT molecular complexity index is 815. The number of aryl methyl sites for hydroxylation is 1. The lowest BCUT2D eigenvalue weighted by Gasteiger charge is -2.34. The van der Waals surface area contributed by atoms with Crippen LogP contribution in [-0.2, 0) is 27.4 Å². The second-order valence-electron chi connectivity index (χ2n) is 6.78. The first-order valence-electron chi connectivity index (χ1n) is 9.21. The predicted molar refractivity (Wildman–Crippen MR) is 106 cm³/mol. The molecule has 1 fully saturated rings. The van der Waals surface area contributed by atoms with Gasteiger partial charge in [0.1, 0.15) is 5.01 Å². The molecule has 28 heavy (non-hydrogen) atoms. The van der Waals surface area contributed by atoms with E-state index in [-0.39, 0.29) is 18.2 Å². The van der Waals surface area contributed by atoms with Crippen LogP contribution < -0.4 is 0 Å². The minimum absolute atomic E-state index is 0.170. The maximum absolute atomic E-state index is 12.3. The van der Waals surface area contributed by atoms with Crippen molar-refractivity contribution in [3.05, 3.63) is 51.5 Å². The highest BCUT2D eigenvalue weighted by Gasteiger charge is 2.23. The van der Waals surface area contributed by atoms with Gasteiger partial charge < -0.3 is 14.4 Å². The zero-order valence-electron chi connectivity index (χ0n) is 16.2. The van der Waals surface area contributed by atoms with Crippen LogP contribution in [0.1, 0.15) is 26.6 Å². The van der Waals surface area contributed by atoms with Gasteiger partial charge in [-0.25, -0.2) is 9.78 Å². The largest absolute Gasteiger partial charge is 0.451 e. The van der Waals surface area contributed by atoms with E-state index in [0.29, 0.717) is 24.7 Å². The molecule has 150 valence electrons. The van der Waals surface area contributed by atoms with Crippen molar-refractivity contribution in [2.24, 2.45) is 0 Å². The molecule has 2 aromatic rings. The third kappa shape index (κ3) is 5.60. The lowest BCUT2D eigenvalue weighted by Crippen LogP contribution is -2.49. The lowest BCUT2D eigenvalue weighted by molar-refractivity contribution is -0.136. The highest BCUT2D eigenvalue weighted by atomic mass is 32.1. The number of aromatic nitrogens is 1. The Morgan fingerprint density at radius 1 is 1.21 bits per heavy atom. The first-order valence-corrected chi connectivity index (χ1v) is 10.1. The van der Waals surface area contributed by atoms with E-state index in [1.165, 1.54) is 22.5 Å². The topological polar surface area (TPSA) is 72.0 Å². The van der Waals surface area contributed by atoms with Gasteiger partial charge in [-0.15, -0.1) is 11.3 Å². The molecule has 1 amide bonds. The number of hydrogen-bond donors (Lipinski definition) is 0. The van der Waals surface area contributed by atoms with Crippen molar-refractivity contribution in [2.45, 2.75) is 20.1 Å². The Morgan fingerprint density at radius 3 is 2.71 bits per heavy atom. The molecule has 0 spiro atoms. The van der Waals surface area contributed by atoms with Crippen molar-refractivity contribution in [1.82, 2.24) is 14.8 Å². The molecule has 2 heterocycles. The lowest BCUT2D eigenvalue weighted by atomic mass is 10.1. The molecule has 0 N–H and O–H groups in total. The van der Waals surface area contributed by atoms with Gasteiger partial charge in [-0.3, -0.25) is 9.69 Å². The molecule has 7 nitrogen and oxygen atoms in total. The predicted octanol–water partition coefficient (Wildman–Crippen LogP) is 2.10. The van der Waals surface area contributed by atoms with Crippen LogP contribution in [0.3, 0.4) is 0 Å². The Balaban J connectivity index is 1.41. The smallest absolute Gasteiger partial charge is 0.358 e. The molecule has 1 aliphatic heterocycles. The van der Waals surface area contributed by atoms with E-state index < -0.39 is 5.97 Å². The molecule has 0 bridgehead atoms. The monoisotopic (exact) mass is 403 g/mol. The van der Waals surface area contributed by atoms with Crippen LogP contribution in [0.5, 0.6) is 0 Å². The van der Waals surface area contributed by atoms with E-state index >= 15 is 0 Å². The van der Waals surface area contributed by atoms with E-state index in [1.54, 1.807) is 17.4 Å². The van der Waals surface area contributed by atoms with Crippen molar-refractivity contribution >= 4 is 23.2 Å². The molecule has 1 aromatic carbocycles. The van der Waals surface area contributed by atoms with Crippen molar-refractivity contribution < 1.29 is 19.1 Å². The maximum Gasteiger partial charge on any atom is 0.358 e. The number of benzene rings is 1. The fourth-order valence-electron chi connectivity index (χ4n) is 3.11. The van der Waals surface area contributed by atoms with Crippen LogP contribution in [0.2, 0.25) is 0 Å². The summed E-state index contributed by atoms with van der Waals surface area (Å²) in [5, 5.41) is 2.32. The Kier molecular flexibility index (Phi) is 7.13. The average molecular weight is 404 g/mol. The van der Waals surface area contributed by atoms with Gasteiger partial charge in [0.15, 0.2) is 12.3 Å². The highest BCUT2D eigenvalue weighted by Crippen LogP contribution is 2.13. The number of thiazole rings is 1. The first kappa shape index (κ1) is 20.4. The fraction of sp³-hybridized carbons (Fsp3) is 0.450. The number of carbonyl (C=O) groups is 2. The normalized spacial score (nSPS) is 14.9. The molecular formula is C20H25N3O4S. The molecule has 0 aliphatic carbocycles. The summed E-state index contributed by atoms with van der Waals surface area (Å²) in [7, 11) is 1.57. The van der Waals surface area contributed by atoms with E-state index in [1.807, 2.05) is 0 Å². The van der Waals surface area contributed by atoms with Gasteiger partial charge in [-0.05, 0) is 12.5 Å². The Morgan fingerprint density at radius 2 is 2.00 bits per heavy atom. The molecule has 0 atom stereocenters. The molecule has 3 rings (SSSR count). The van der Waals surface area contributed by atoms with Crippen LogP contribution in [0.4, 0.5) is 0 Å². The van der Waals surface area contributed by atoms with Gasteiger partial charge in [0.05, 0.1) is 6.61 Å². The van der Waals surface area contributed by atoms with Crippen molar-refractivity contribution in [1.29, 1.82) is 0 Å². The van der Waals surface area contributed by atoms with Crippen LogP contribution in [0, 0.1) is 6.92 Å². The number of amides is 1. The number of carbonyl (C=O) groups excluding carboxylic acids is 2. The summed E-state index contributed by atoms with van der Waals surface area (Å²) in [6, 6.07) is 8.47. The second kappa shape index (κ2) is 9.77. The molecule has 0 unspecified atom stereocenters. The van der Waals surface area contributed by atoms with Gasteiger partial charge in [-0.1, -0.05) is 29.8 Å². The van der Waals surface area contributed by atoms with E-state index in [2.05, 4.69) is 41.1 Å². The van der Waals surface area contributed by atoms with Gasteiger partial charge in [-0.2, -0.15) is 0 Å². The summed E-state index contributed by atoms with van der Waals surface area (Å²) in [4.78, 5) is 32.6. The zero-order chi connectivity index (χ0) is 19.9. The van der Waals surface area contributed by atoms with E-state index in [9.17, 15) is 9.59 Å². The number of esters is 1. The van der Waals surface area contributed by atoms with Gasteiger partial charge in [0.2, 0.25) is 0 Å². The maximum atomic E-state index is 12.3. The first-order chi connectivity index (χ1) is 13.5. The number of piperazine rings is 1. The van der Waals surface area contributed by atoms with Crippen molar-refractivity contribution in [2.75, 3.05) is 39.9 Å². The minimum Gasteiger partial charge on any atom is -0.451 e. The van der Waals surface area contributed by atoms with Gasteiger partial charge in [0, 0.05) is 45.2 Å². The van der Waals surface area contributed by atoms with E-state index in [0.717, 1.165) is 19.6 Å². The third-order valence-electron chi connectivity index (χ3n) is 4.57. The summed E-state index contributed by atoms with van der Waals surface area (Å²) in [6.07, 6.45) is 0. The number of hydrogen-bond acceptors (Lipinski definition) is 7. The highest BCUT2D eigenvalue weighted by molar-refractivity contribution is 7.09. The molecule has 0 radical (unpaired) electrons. The van der Waals surface area contributed by atoms with Crippen LogP contribution in [0.25, 0.3) is 0 Å². The molecule has 0 saturated carbocycles. The quantitative estimate of drug-likeness (QED) is 0.660. The Hall–Kier alpha value is -2.29. The summed E-state index contributed by atoms with van der Waals surface area (Å²) in [5.41, 5.74) is 2.75. The van der Waals surface area contributed by atoms with Gasteiger partial charge >= 0.3 is 5.97 Å². The summed E-state index contributed by atoms with van der Waals surface area (Å²) >= 11 is 1.33. The average Bonchev–Trinajstić information content (AvgIpc) is 3.15. The summed E-state index contributed by atoms with van der Waals surface area (Å²) < 4.78 is 10.1. The molecule has 1 aliphatic rings. The van der Waals surface area contributed by atoms with Crippen molar-refractivity contribution in [3.63, 3.8) is 0 Å². The minimum atomic E-state index is -0.579. The van der Waals surface area contributed by atoms with Crippen LogP contribution in [0.15, 0.2) is 29.6 Å². The Labute approximate surface area is 168 Å². The molecular weight excluding hydrogens is 378 g/mol. The van der Waals surface area contributed by atoms with E-state index in [4.69, 9.17) is 9.47 Å².